The standard InChI is InChI=1S/C18H20O4/c1-4-5-13-18(16(19)21-2,17(20)22-3)14-9-12-15-10-7-6-8-11-15/h6-12H,13-14H2,1-3H3/b12-9+. The molecule has 1 aromatic rings. The molecule has 0 saturated carbocycles. The summed E-state index contributed by atoms with van der Waals surface area (Å²) in [6, 6.07) is 9.61. The number of carbonyl (C=O) groups excluding carboxylic acids is 2. The summed E-state index contributed by atoms with van der Waals surface area (Å²) >= 11 is 0. The van der Waals surface area contributed by atoms with E-state index in [0.717, 1.165) is 5.56 Å². The van der Waals surface area contributed by atoms with Crippen LogP contribution in [0, 0.1) is 17.3 Å². The molecular weight excluding hydrogens is 280 g/mol. The highest BCUT2D eigenvalue weighted by atomic mass is 16.5. The summed E-state index contributed by atoms with van der Waals surface area (Å²) in [6.45, 7) is 1.65. The molecule has 0 amide bonds. The van der Waals surface area contributed by atoms with Crippen LogP contribution in [0.3, 0.4) is 0 Å². The van der Waals surface area contributed by atoms with Crippen molar-refractivity contribution in [1.82, 2.24) is 0 Å². The average Bonchev–Trinajstić information content (AvgIpc) is 2.57. The van der Waals surface area contributed by atoms with Gasteiger partial charge in [-0.15, -0.1) is 11.8 Å². The Labute approximate surface area is 131 Å². The predicted molar refractivity (Wildman–Crippen MR) is 84.6 cm³/mol. The molecule has 0 aliphatic rings. The van der Waals surface area contributed by atoms with Gasteiger partial charge in [0.15, 0.2) is 5.41 Å². The van der Waals surface area contributed by atoms with Crippen molar-refractivity contribution in [2.24, 2.45) is 5.41 Å². The molecule has 0 unspecified atom stereocenters. The van der Waals surface area contributed by atoms with Crippen molar-refractivity contribution in [2.75, 3.05) is 14.2 Å². The van der Waals surface area contributed by atoms with Crippen molar-refractivity contribution >= 4 is 18.0 Å². The molecule has 22 heavy (non-hydrogen) atoms. The monoisotopic (exact) mass is 300 g/mol. The minimum Gasteiger partial charge on any atom is -0.468 e. The van der Waals surface area contributed by atoms with Crippen LogP contribution in [0.5, 0.6) is 0 Å². The largest absolute Gasteiger partial charge is 0.468 e. The Kier molecular flexibility index (Phi) is 6.91. The highest BCUT2D eigenvalue weighted by Crippen LogP contribution is 2.31. The number of carbonyl (C=O) groups is 2. The summed E-state index contributed by atoms with van der Waals surface area (Å²) in [5.74, 6) is 4.20. The molecule has 1 rings (SSSR count). The number of hydrogen-bond acceptors (Lipinski definition) is 4. The van der Waals surface area contributed by atoms with Gasteiger partial charge in [0.25, 0.3) is 0 Å². The van der Waals surface area contributed by atoms with Crippen molar-refractivity contribution in [2.45, 2.75) is 19.8 Å². The van der Waals surface area contributed by atoms with E-state index in [1.165, 1.54) is 14.2 Å². The van der Waals surface area contributed by atoms with Gasteiger partial charge in [-0.2, -0.15) is 0 Å². The van der Waals surface area contributed by atoms with Crippen LogP contribution in [0.15, 0.2) is 36.4 Å². The maximum atomic E-state index is 12.2. The third-order valence-electron chi connectivity index (χ3n) is 3.30. The van der Waals surface area contributed by atoms with Crippen LogP contribution >= 0.6 is 0 Å². The van der Waals surface area contributed by atoms with Crippen LogP contribution in [0.2, 0.25) is 0 Å². The molecular formula is C18H20O4. The molecule has 0 aliphatic carbocycles. The predicted octanol–water partition coefficient (Wildman–Crippen LogP) is 2.84. The molecule has 0 aromatic heterocycles. The summed E-state index contributed by atoms with van der Waals surface area (Å²) in [6.07, 6.45) is 3.83. The summed E-state index contributed by atoms with van der Waals surface area (Å²) in [5, 5.41) is 0. The molecule has 0 saturated heterocycles. The zero-order chi connectivity index (χ0) is 16.4. The first kappa shape index (κ1) is 17.5. The normalized spacial score (nSPS) is 10.7. The Bertz CT molecular complexity index is 575. The molecule has 116 valence electrons. The molecule has 4 nitrogen and oxygen atoms in total. The first-order valence-corrected chi connectivity index (χ1v) is 6.88. The average molecular weight is 300 g/mol. The molecule has 0 aliphatic heterocycles. The fourth-order valence-electron chi connectivity index (χ4n) is 2.06. The topological polar surface area (TPSA) is 52.6 Å². The van der Waals surface area contributed by atoms with E-state index in [-0.39, 0.29) is 12.8 Å². The quantitative estimate of drug-likeness (QED) is 0.460. The molecule has 4 heteroatoms. The lowest BCUT2D eigenvalue weighted by Crippen LogP contribution is -2.40. The Morgan fingerprint density at radius 1 is 1.14 bits per heavy atom. The van der Waals surface area contributed by atoms with Gasteiger partial charge < -0.3 is 9.47 Å². The molecule has 0 N–H and O–H groups in total. The van der Waals surface area contributed by atoms with Gasteiger partial charge in [0.2, 0.25) is 0 Å². The lowest BCUT2D eigenvalue weighted by Gasteiger charge is -2.24. The summed E-state index contributed by atoms with van der Waals surface area (Å²) in [4.78, 5) is 24.3. The molecule has 0 radical (unpaired) electrons. The molecule has 0 heterocycles. The third kappa shape index (κ3) is 4.23. The lowest BCUT2D eigenvalue weighted by molar-refractivity contribution is -0.168. The number of methoxy groups -OCH3 is 2. The highest BCUT2D eigenvalue weighted by Gasteiger charge is 2.47. The van der Waals surface area contributed by atoms with Crippen molar-refractivity contribution < 1.29 is 19.1 Å². The van der Waals surface area contributed by atoms with Crippen LogP contribution in [-0.2, 0) is 19.1 Å². The Balaban J connectivity index is 3.06. The van der Waals surface area contributed by atoms with Gasteiger partial charge in [-0.1, -0.05) is 42.5 Å². The number of allylic oxidation sites excluding steroid dienone is 1. The van der Waals surface area contributed by atoms with Crippen molar-refractivity contribution in [3.05, 3.63) is 42.0 Å². The smallest absolute Gasteiger partial charge is 0.324 e. The maximum Gasteiger partial charge on any atom is 0.324 e. The Morgan fingerprint density at radius 3 is 2.23 bits per heavy atom. The van der Waals surface area contributed by atoms with E-state index in [1.54, 1.807) is 13.0 Å². The van der Waals surface area contributed by atoms with E-state index < -0.39 is 17.4 Å². The van der Waals surface area contributed by atoms with Crippen LogP contribution in [0.4, 0.5) is 0 Å². The maximum absolute atomic E-state index is 12.2. The van der Waals surface area contributed by atoms with E-state index >= 15 is 0 Å². The van der Waals surface area contributed by atoms with Gasteiger partial charge in [-0.05, 0) is 18.9 Å². The second-order valence-corrected chi connectivity index (χ2v) is 4.69. The zero-order valence-corrected chi connectivity index (χ0v) is 13.1. The van der Waals surface area contributed by atoms with E-state index in [2.05, 4.69) is 11.8 Å². The Hall–Kier alpha value is -2.54. The van der Waals surface area contributed by atoms with Gasteiger partial charge in [0.1, 0.15) is 0 Å². The molecule has 0 bridgehead atoms. The molecule has 0 atom stereocenters. The van der Waals surface area contributed by atoms with Crippen LogP contribution in [0.1, 0.15) is 25.3 Å². The SMILES string of the molecule is CC#CCC(C/C=C/c1ccccc1)(C(=O)OC)C(=O)OC. The fourth-order valence-corrected chi connectivity index (χ4v) is 2.06. The van der Waals surface area contributed by atoms with Gasteiger partial charge in [0, 0.05) is 6.42 Å². The molecule has 0 fully saturated rings. The van der Waals surface area contributed by atoms with Crippen LogP contribution in [-0.4, -0.2) is 26.2 Å². The van der Waals surface area contributed by atoms with Crippen LogP contribution in [0.25, 0.3) is 6.08 Å². The minimum absolute atomic E-state index is 0.0575. The minimum atomic E-state index is -1.43. The number of benzene rings is 1. The highest BCUT2D eigenvalue weighted by molar-refractivity contribution is 6.00. The van der Waals surface area contributed by atoms with Gasteiger partial charge in [-0.25, -0.2) is 0 Å². The number of rotatable bonds is 6. The zero-order valence-electron chi connectivity index (χ0n) is 13.1. The van der Waals surface area contributed by atoms with Crippen molar-refractivity contribution in [3.63, 3.8) is 0 Å². The Morgan fingerprint density at radius 2 is 1.73 bits per heavy atom. The summed E-state index contributed by atoms with van der Waals surface area (Å²) in [7, 11) is 2.50. The van der Waals surface area contributed by atoms with Gasteiger partial charge in [-0.3, -0.25) is 9.59 Å². The first-order valence-electron chi connectivity index (χ1n) is 6.88. The molecule has 0 spiro atoms. The summed E-state index contributed by atoms with van der Waals surface area (Å²) < 4.78 is 9.59. The second-order valence-electron chi connectivity index (χ2n) is 4.69. The van der Waals surface area contributed by atoms with Crippen molar-refractivity contribution in [3.8, 4) is 11.8 Å². The van der Waals surface area contributed by atoms with Crippen LogP contribution < -0.4 is 0 Å². The van der Waals surface area contributed by atoms with E-state index in [0.29, 0.717) is 0 Å². The van der Waals surface area contributed by atoms with Gasteiger partial charge in [0.05, 0.1) is 14.2 Å². The summed E-state index contributed by atoms with van der Waals surface area (Å²) in [5.41, 5.74) is -0.453. The fraction of sp³-hybridized carbons (Fsp3) is 0.333. The lowest BCUT2D eigenvalue weighted by atomic mass is 9.81. The molecule has 1 aromatic carbocycles. The number of hydrogen-bond donors (Lipinski definition) is 0. The van der Waals surface area contributed by atoms with Crippen molar-refractivity contribution in [1.29, 1.82) is 0 Å². The van der Waals surface area contributed by atoms with E-state index in [4.69, 9.17) is 9.47 Å². The van der Waals surface area contributed by atoms with Gasteiger partial charge >= 0.3 is 11.9 Å². The first-order chi connectivity index (χ1) is 10.6. The van der Waals surface area contributed by atoms with E-state index in [9.17, 15) is 9.59 Å². The number of esters is 2. The second kappa shape index (κ2) is 8.68. The van der Waals surface area contributed by atoms with E-state index in [1.807, 2.05) is 36.4 Å². The third-order valence-corrected chi connectivity index (χ3v) is 3.30. The number of ether oxygens (including phenoxy) is 2.